The van der Waals surface area contributed by atoms with Gasteiger partial charge in [0.15, 0.2) is 0 Å². The van der Waals surface area contributed by atoms with Crippen molar-refractivity contribution >= 4 is 22.3 Å². The molecular weight excluding hydrogens is 284 g/mol. The Morgan fingerprint density at radius 1 is 1.00 bits per heavy atom. The summed E-state index contributed by atoms with van der Waals surface area (Å²) in [6, 6.07) is 16.3. The summed E-state index contributed by atoms with van der Waals surface area (Å²) in [7, 11) is -3.60. The van der Waals surface area contributed by atoms with Gasteiger partial charge in [0.2, 0.25) is 0 Å². The first-order chi connectivity index (χ1) is 10.1. The van der Waals surface area contributed by atoms with Gasteiger partial charge in [-0.2, -0.15) is 13.5 Å². The summed E-state index contributed by atoms with van der Waals surface area (Å²) in [4.78, 5) is 2.36. The van der Waals surface area contributed by atoms with Gasteiger partial charge in [-0.25, -0.2) is 4.83 Å². The number of hydrogen-bond acceptors (Lipinski definition) is 3. The van der Waals surface area contributed by atoms with Gasteiger partial charge in [0.05, 0.1) is 4.90 Å². The van der Waals surface area contributed by atoms with E-state index in [1.165, 1.54) is 6.21 Å². The highest BCUT2D eigenvalue weighted by atomic mass is 32.2. The molecule has 0 unspecified atom stereocenters. The van der Waals surface area contributed by atoms with Gasteiger partial charge in [0.25, 0.3) is 10.0 Å². The van der Waals surface area contributed by atoms with Crippen LogP contribution in [-0.2, 0) is 10.0 Å². The molecule has 2 rings (SSSR count). The number of aryl methyl sites for hydroxylation is 1. The smallest absolute Gasteiger partial charge is 0.200 e. The Bertz CT molecular complexity index is 734. The minimum Gasteiger partial charge on any atom is -0.200 e. The van der Waals surface area contributed by atoms with E-state index in [9.17, 15) is 8.42 Å². The third kappa shape index (κ3) is 4.57. The fourth-order valence-electron chi connectivity index (χ4n) is 1.63. The van der Waals surface area contributed by atoms with Crippen LogP contribution in [0.2, 0.25) is 0 Å². The number of sulfonamides is 1. The van der Waals surface area contributed by atoms with Gasteiger partial charge >= 0.3 is 0 Å². The van der Waals surface area contributed by atoms with E-state index in [2.05, 4.69) is 9.93 Å². The lowest BCUT2D eigenvalue weighted by atomic mass is 10.2. The van der Waals surface area contributed by atoms with Crippen LogP contribution in [0.3, 0.4) is 0 Å². The molecule has 0 atom stereocenters. The zero-order valence-electron chi connectivity index (χ0n) is 11.6. The van der Waals surface area contributed by atoms with Gasteiger partial charge in [0, 0.05) is 6.21 Å². The minimum atomic E-state index is -3.60. The number of rotatable bonds is 5. The van der Waals surface area contributed by atoms with Crippen LogP contribution in [0.25, 0.3) is 6.08 Å². The lowest BCUT2D eigenvalue weighted by Crippen LogP contribution is -2.17. The first-order valence-electron chi connectivity index (χ1n) is 6.41. The van der Waals surface area contributed by atoms with E-state index >= 15 is 0 Å². The molecule has 4 nitrogen and oxygen atoms in total. The van der Waals surface area contributed by atoms with E-state index in [0.717, 1.165) is 11.1 Å². The monoisotopic (exact) mass is 300 g/mol. The fourth-order valence-corrected chi connectivity index (χ4v) is 2.43. The fraction of sp³-hybridized carbons (Fsp3) is 0.0625. The summed E-state index contributed by atoms with van der Waals surface area (Å²) >= 11 is 0. The van der Waals surface area contributed by atoms with Crippen molar-refractivity contribution in [3.8, 4) is 0 Å². The molecule has 0 saturated heterocycles. The summed E-state index contributed by atoms with van der Waals surface area (Å²) in [5, 5.41) is 3.71. The van der Waals surface area contributed by atoms with Gasteiger partial charge in [-0.3, -0.25) is 0 Å². The van der Waals surface area contributed by atoms with Crippen molar-refractivity contribution < 1.29 is 8.42 Å². The third-order valence-electron chi connectivity index (χ3n) is 2.75. The quantitative estimate of drug-likeness (QED) is 0.681. The van der Waals surface area contributed by atoms with E-state index in [1.807, 2.05) is 43.3 Å². The molecule has 0 amide bonds. The Labute approximate surface area is 124 Å². The molecule has 0 spiro atoms. The topological polar surface area (TPSA) is 58.5 Å². The first kappa shape index (κ1) is 15.0. The summed E-state index contributed by atoms with van der Waals surface area (Å²) in [6.45, 7) is 1.90. The van der Waals surface area contributed by atoms with Crippen molar-refractivity contribution in [1.29, 1.82) is 0 Å². The number of allylic oxidation sites excluding steroid dienone is 1. The number of nitrogens with zero attached hydrogens (tertiary/aromatic N) is 1. The van der Waals surface area contributed by atoms with E-state index < -0.39 is 10.0 Å². The molecule has 21 heavy (non-hydrogen) atoms. The maximum atomic E-state index is 11.9. The van der Waals surface area contributed by atoms with Crippen molar-refractivity contribution in [2.75, 3.05) is 0 Å². The molecule has 0 aliphatic carbocycles. The van der Waals surface area contributed by atoms with Crippen molar-refractivity contribution in [2.45, 2.75) is 11.8 Å². The Morgan fingerprint density at radius 2 is 1.67 bits per heavy atom. The summed E-state index contributed by atoms with van der Waals surface area (Å²) in [6.07, 6.45) is 4.91. The lowest BCUT2D eigenvalue weighted by molar-refractivity contribution is 0.584. The number of nitrogens with one attached hydrogen (secondary N) is 1. The van der Waals surface area contributed by atoms with Gasteiger partial charge in [0.1, 0.15) is 0 Å². The summed E-state index contributed by atoms with van der Waals surface area (Å²) in [5.74, 6) is 0. The molecule has 2 aromatic carbocycles. The number of benzene rings is 2. The average Bonchev–Trinajstić information content (AvgIpc) is 2.48. The average molecular weight is 300 g/mol. The number of hydrazone groups is 1. The second kappa shape index (κ2) is 6.85. The second-order valence-electron chi connectivity index (χ2n) is 4.46. The highest BCUT2D eigenvalue weighted by molar-refractivity contribution is 7.89. The largest absolute Gasteiger partial charge is 0.276 e. The van der Waals surface area contributed by atoms with E-state index in [-0.39, 0.29) is 4.90 Å². The predicted molar refractivity (Wildman–Crippen MR) is 85.5 cm³/mol. The van der Waals surface area contributed by atoms with Crippen LogP contribution in [0.5, 0.6) is 0 Å². The van der Waals surface area contributed by atoms with Crippen molar-refractivity contribution in [2.24, 2.45) is 5.10 Å². The molecule has 0 bridgehead atoms. The third-order valence-corrected chi connectivity index (χ3v) is 3.99. The minimum absolute atomic E-state index is 0.192. The molecule has 5 heteroatoms. The van der Waals surface area contributed by atoms with Crippen molar-refractivity contribution in [1.82, 2.24) is 4.83 Å². The SMILES string of the molecule is Cc1ccc(S(=O)(=O)N/N=C/C=C/c2ccccc2)cc1. The van der Waals surface area contributed by atoms with Crippen LogP contribution < -0.4 is 4.83 Å². The molecular formula is C16H16N2O2S. The molecule has 0 aliphatic heterocycles. The Morgan fingerprint density at radius 3 is 2.33 bits per heavy atom. The van der Waals surface area contributed by atoms with Crippen LogP contribution in [0.4, 0.5) is 0 Å². The Balaban J connectivity index is 1.97. The molecule has 2 aromatic rings. The molecule has 0 aliphatic rings. The van der Waals surface area contributed by atoms with Gasteiger partial charge in [-0.15, -0.1) is 0 Å². The zero-order valence-corrected chi connectivity index (χ0v) is 12.4. The summed E-state index contributed by atoms with van der Waals surface area (Å²) < 4.78 is 23.9. The van der Waals surface area contributed by atoms with E-state index in [4.69, 9.17) is 0 Å². The van der Waals surface area contributed by atoms with Gasteiger partial charge < -0.3 is 0 Å². The zero-order chi connectivity index (χ0) is 15.1. The molecule has 1 N–H and O–H groups in total. The van der Waals surface area contributed by atoms with Crippen LogP contribution in [-0.4, -0.2) is 14.6 Å². The predicted octanol–water partition coefficient (Wildman–Crippen LogP) is 2.97. The highest BCUT2D eigenvalue weighted by Gasteiger charge is 2.11. The van der Waals surface area contributed by atoms with Crippen LogP contribution >= 0.6 is 0 Å². The standard InChI is InChI=1S/C16H16N2O2S/c1-14-9-11-16(12-10-14)21(19,20)18-17-13-5-8-15-6-3-2-4-7-15/h2-13,18H,1H3/b8-5+,17-13+. The normalized spacial score (nSPS) is 12.0. The molecule has 0 radical (unpaired) electrons. The maximum Gasteiger partial charge on any atom is 0.276 e. The van der Waals surface area contributed by atoms with Gasteiger partial charge in [-0.1, -0.05) is 54.1 Å². The second-order valence-corrected chi connectivity index (χ2v) is 6.12. The van der Waals surface area contributed by atoms with Crippen molar-refractivity contribution in [3.05, 3.63) is 71.8 Å². The molecule has 108 valence electrons. The molecule has 0 fully saturated rings. The molecule has 0 saturated carbocycles. The molecule has 0 aromatic heterocycles. The van der Waals surface area contributed by atoms with E-state index in [1.54, 1.807) is 30.3 Å². The van der Waals surface area contributed by atoms with E-state index in [0.29, 0.717) is 0 Å². The maximum absolute atomic E-state index is 11.9. The molecule has 0 heterocycles. The van der Waals surface area contributed by atoms with Crippen molar-refractivity contribution in [3.63, 3.8) is 0 Å². The summed E-state index contributed by atoms with van der Waals surface area (Å²) in [5.41, 5.74) is 2.02. The Kier molecular flexibility index (Phi) is 4.90. The highest BCUT2D eigenvalue weighted by Crippen LogP contribution is 2.09. The Hall–Kier alpha value is -2.40. The van der Waals surface area contributed by atoms with Crippen LogP contribution in [0, 0.1) is 6.92 Å². The first-order valence-corrected chi connectivity index (χ1v) is 7.89. The van der Waals surface area contributed by atoms with Gasteiger partial charge in [-0.05, 0) is 30.7 Å². The lowest BCUT2D eigenvalue weighted by Gasteiger charge is -2.02. The van der Waals surface area contributed by atoms with Crippen LogP contribution in [0.1, 0.15) is 11.1 Å². The van der Waals surface area contributed by atoms with Crippen LogP contribution in [0.15, 0.2) is 70.7 Å². The number of hydrogen-bond donors (Lipinski definition) is 1.